The quantitative estimate of drug-likeness (QED) is 0.886. The molecular formula is C15H20N2O3. The van der Waals surface area contributed by atoms with E-state index in [0.29, 0.717) is 19.5 Å². The second-order valence-corrected chi connectivity index (χ2v) is 5.18. The fourth-order valence-corrected chi connectivity index (χ4v) is 2.08. The lowest BCUT2D eigenvalue weighted by Gasteiger charge is -2.09. The van der Waals surface area contributed by atoms with E-state index in [1.165, 1.54) is 10.5 Å². The number of rotatable bonds is 5. The minimum absolute atomic E-state index is 0.0174. The van der Waals surface area contributed by atoms with E-state index in [-0.39, 0.29) is 18.1 Å². The van der Waals surface area contributed by atoms with Crippen molar-refractivity contribution in [3.05, 3.63) is 35.4 Å². The van der Waals surface area contributed by atoms with Gasteiger partial charge in [0.1, 0.15) is 6.10 Å². The fourth-order valence-electron chi connectivity index (χ4n) is 2.08. The summed E-state index contributed by atoms with van der Waals surface area (Å²) in [4.78, 5) is 24.4. The van der Waals surface area contributed by atoms with Crippen molar-refractivity contribution in [2.45, 2.75) is 25.9 Å². The summed E-state index contributed by atoms with van der Waals surface area (Å²) in [5, 5.41) is 2.80. The molecule has 5 heteroatoms. The Morgan fingerprint density at radius 2 is 2.10 bits per heavy atom. The van der Waals surface area contributed by atoms with E-state index in [4.69, 9.17) is 4.74 Å². The molecule has 1 heterocycles. The number of benzene rings is 1. The summed E-state index contributed by atoms with van der Waals surface area (Å²) in [6.07, 6.45) is 0.593. The first kappa shape index (κ1) is 14.4. The number of hydrogen-bond acceptors (Lipinski definition) is 3. The van der Waals surface area contributed by atoms with Gasteiger partial charge in [-0.3, -0.25) is 4.79 Å². The number of amides is 2. The summed E-state index contributed by atoms with van der Waals surface area (Å²) in [5.74, 6) is -0.0174. The second kappa shape index (κ2) is 6.41. The average Bonchev–Trinajstić information content (AvgIpc) is 2.75. The second-order valence-electron chi connectivity index (χ2n) is 5.18. The molecular weight excluding hydrogens is 256 g/mol. The van der Waals surface area contributed by atoms with E-state index in [9.17, 15) is 9.59 Å². The summed E-state index contributed by atoms with van der Waals surface area (Å²) >= 11 is 0. The van der Waals surface area contributed by atoms with Crippen molar-refractivity contribution in [2.24, 2.45) is 0 Å². The van der Waals surface area contributed by atoms with Crippen LogP contribution in [-0.2, 0) is 16.0 Å². The highest BCUT2D eigenvalue weighted by atomic mass is 16.6. The molecule has 0 aliphatic carbocycles. The molecule has 0 spiro atoms. The van der Waals surface area contributed by atoms with Gasteiger partial charge in [-0.2, -0.15) is 0 Å². The fraction of sp³-hybridized carbons (Fsp3) is 0.467. The minimum Gasteiger partial charge on any atom is -0.442 e. The minimum atomic E-state index is -0.330. The normalized spacial score (nSPS) is 18.0. The lowest BCUT2D eigenvalue weighted by Crippen LogP contribution is -2.34. The molecule has 5 nitrogen and oxygen atoms in total. The van der Waals surface area contributed by atoms with Crippen LogP contribution >= 0.6 is 0 Å². The molecule has 1 saturated heterocycles. The number of nitrogens with one attached hydrogen (secondary N) is 1. The molecule has 1 N–H and O–H groups in total. The van der Waals surface area contributed by atoms with Gasteiger partial charge in [0.2, 0.25) is 5.91 Å². The van der Waals surface area contributed by atoms with Crippen LogP contribution < -0.4 is 5.32 Å². The van der Waals surface area contributed by atoms with Gasteiger partial charge in [0.05, 0.1) is 13.1 Å². The third-order valence-corrected chi connectivity index (χ3v) is 3.34. The van der Waals surface area contributed by atoms with Crippen LogP contribution in [0.1, 0.15) is 17.5 Å². The molecule has 0 saturated carbocycles. The first-order valence-corrected chi connectivity index (χ1v) is 6.78. The Hall–Kier alpha value is -2.04. The Labute approximate surface area is 118 Å². The van der Waals surface area contributed by atoms with Crippen molar-refractivity contribution < 1.29 is 14.3 Å². The van der Waals surface area contributed by atoms with Crippen LogP contribution in [0.25, 0.3) is 0 Å². The van der Waals surface area contributed by atoms with Crippen LogP contribution in [0, 0.1) is 6.92 Å². The Bertz CT molecular complexity index is 484. The Kier molecular flexibility index (Phi) is 4.61. The maximum atomic E-state index is 11.7. The lowest BCUT2D eigenvalue weighted by molar-refractivity contribution is -0.121. The van der Waals surface area contributed by atoms with Crippen molar-refractivity contribution >= 4 is 12.0 Å². The van der Waals surface area contributed by atoms with Gasteiger partial charge in [0, 0.05) is 13.5 Å². The number of hydrogen-bond donors (Lipinski definition) is 1. The number of cyclic esters (lactones) is 1. The summed E-state index contributed by atoms with van der Waals surface area (Å²) < 4.78 is 5.07. The number of carbonyl (C=O) groups is 2. The van der Waals surface area contributed by atoms with Gasteiger partial charge in [-0.1, -0.05) is 29.8 Å². The number of carbonyl (C=O) groups excluding carboxylic acids is 2. The monoisotopic (exact) mass is 276 g/mol. The van der Waals surface area contributed by atoms with Gasteiger partial charge in [-0.05, 0) is 18.9 Å². The van der Waals surface area contributed by atoms with E-state index in [1.54, 1.807) is 7.05 Å². The lowest BCUT2D eigenvalue weighted by atomic mass is 10.1. The molecule has 2 amide bonds. The molecule has 1 unspecified atom stereocenters. The van der Waals surface area contributed by atoms with Gasteiger partial charge in [-0.15, -0.1) is 0 Å². The van der Waals surface area contributed by atoms with Gasteiger partial charge < -0.3 is 15.0 Å². The van der Waals surface area contributed by atoms with Crippen molar-refractivity contribution in [2.75, 3.05) is 20.1 Å². The van der Waals surface area contributed by atoms with E-state index < -0.39 is 0 Å². The predicted octanol–water partition coefficient (Wildman–Crippen LogP) is 1.49. The van der Waals surface area contributed by atoms with Crippen LogP contribution in [0.2, 0.25) is 0 Å². The third-order valence-electron chi connectivity index (χ3n) is 3.34. The van der Waals surface area contributed by atoms with Crippen LogP contribution in [0.15, 0.2) is 24.3 Å². The van der Waals surface area contributed by atoms with Crippen molar-refractivity contribution in [3.8, 4) is 0 Å². The van der Waals surface area contributed by atoms with Crippen molar-refractivity contribution in [3.63, 3.8) is 0 Å². The molecule has 1 atom stereocenters. The van der Waals surface area contributed by atoms with Crippen molar-refractivity contribution in [1.29, 1.82) is 0 Å². The zero-order valence-electron chi connectivity index (χ0n) is 11.9. The molecule has 1 aliphatic heterocycles. The molecule has 108 valence electrons. The van der Waals surface area contributed by atoms with E-state index in [0.717, 1.165) is 12.0 Å². The molecule has 1 aromatic carbocycles. The van der Waals surface area contributed by atoms with Gasteiger partial charge in [0.15, 0.2) is 0 Å². The Morgan fingerprint density at radius 3 is 2.70 bits per heavy atom. The number of nitrogens with zero attached hydrogens (tertiary/aromatic N) is 1. The number of ether oxygens (including phenoxy) is 1. The number of likely N-dealkylation sites (N-methyl/N-ethyl adjacent to an activating group) is 1. The standard InChI is InChI=1S/C15H20N2O3/c1-11-3-5-12(6-4-11)7-8-14(18)16-9-13-10-17(2)15(19)20-13/h3-6,13H,7-10H2,1-2H3,(H,16,18). The molecule has 0 aromatic heterocycles. The molecule has 1 aliphatic rings. The molecule has 1 aromatic rings. The third kappa shape index (κ3) is 3.98. The molecule has 2 rings (SSSR count). The largest absolute Gasteiger partial charge is 0.442 e. The van der Waals surface area contributed by atoms with Crippen molar-refractivity contribution in [1.82, 2.24) is 10.2 Å². The van der Waals surface area contributed by atoms with E-state index >= 15 is 0 Å². The maximum Gasteiger partial charge on any atom is 0.410 e. The summed E-state index contributed by atoms with van der Waals surface area (Å²) in [6.45, 7) is 2.94. The van der Waals surface area contributed by atoms with Gasteiger partial charge in [0.25, 0.3) is 0 Å². The highest BCUT2D eigenvalue weighted by molar-refractivity contribution is 5.76. The SMILES string of the molecule is Cc1ccc(CCC(=O)NCC2CN(C)C(=O)O2)cc1. The zero-order chi connectivity index (χ0) is 14.5. The van der Waals surface area contributed by atoms with E-state index in [1.807, 2.05) is 31.2 Å². The predicted molar refractivity (Wildman–Crippen MR) is 75.4 cm³/mol. The Morgan fingerprint density at radius 1 is 1.40 bits per heavy atom. The summed E-state index contributed by atoms with van der Waals surface area (Å²) in [5.41, 5.74) is 2.36. The maximum absolute atomic E-state index is 11.7. The highest BCUT2D eigenvalue weighted by Gasteiger charge is 2.28. The zero-order valence-corrected chi connectivity index (χ0v) is 11.9. The highest BCUT2D eigenvalue weighted by Crippen LogP contribution is 2.08. The van der Waals surface area contributed by atoms with Gasteiger partial charge >= 0.3 is 6.09 Å². The average molecular weight is 276 g/mol. The molecule has 0 bridgehead atoms. The van der Waals surface area contributed by atoms with Crippen LogP contribution in [0.3, 0.4) is 0 Å². The molecule has 20 heavy (non-hydrogen) atoms. The van der Waals surface area contributed by atoms with Crippen LogP contribution in [-0.4, -0.2) is 43.1 Å². The van der Waals surface area contributed by atoms with E-state index in [2.05, 4.69) is 5.32 Å². The Balaban J connectivity index is 1.68. The topological polar surface area (TPSA) is 58.6 Å². The first-order valence-electron chi connectivity index (χ1n) is 6.78. The molecule has 0 radical (unpaired) electrons. The van der Waals surface area contributed by atoms with Gasteiger partial charge in [-0.25, -0.2) is 4.79 Å². The first-order chi connectivity index (χ1) is 9.54. The number of aryl methyl sites for hydroxylation is 2. The van der Waals surface area contributed by atoms with Crippen LogP contribution in [0.4, 0.5) is 4.79 Å². The van der Waals surface area contributed by atoms with Crippen LogP contribution in [0.5, 0.6) is 0 Å². The summed E-state index contributed by atoms with van der Waals surface area (Å²) in [7, 11) is 1.68. The molecule has 1 fully saturated rings. The summed E-state index contributed by atoms with van der Waals surface area (Å²) in [6, 6.07) is 8.16. The smallest absolute Gasteiger partial charge is 0.410 e.